The molecule has 1 fully saturated rings. The van der Waals surface area contributed by atoms with E-state index in [0.29, 0.717) is 31.8 Å². The lowest BCUT2D eigenvalue weighted by atomic mass is 10.2. The van der Waals surface area contributed by atoms with E-state index in [4.69, 9.17) is 18.5 Å². The van der Waals surface area contributed by atoms with Crippen molar-refractivity contribution in [3.63, 3.8) is 0 Å². The summed E-state index contributed by atoms with van der Waals surface area (Å²) in [5.41, 5.74) is 1.79. The van der Waals surface area contributed by atoms with Crippen molar-refractivity contribution < 1.29 is 18.5 Å². The van der Waals surface area contributed by atoms with Crippen LogP contribution in [0.15, 0.2) is 29.9 Å². The maximum atomic E-state index is 6.04. The predicted molar refractivity (Wildman–Crippen MR) is 119 cm³/mol. The topological polar surface area (TPSA) is 87.6 Å². The third-order valence-electron chi connectivity index (χ3n) is 4.41. The third-order valence-corrected chi connectivity index (χ3v) is 6.89. The second-order valence-electron chi connectivity index (χ2n) is 6.60. The van der Waals surface area contributed by atoms with E-state index >= 15 is 0 Å². The van der Waals surface area contributed by atoms with Gasteiger partial charge in [0.2, 0.25) is 0 Å². The second-order valence-corrected chi connectivity index (χ2v) is 8.96. The van der Waals surface area contributed by atoms with Crippen LogP contribution >= 0.6 is 19.7 Å². The SMILES string of the molecule is CCOP(Cc1csc(Nc2ncnc3ccc(O[C@H]4CCOC4)cc23)n1)OCC. The molecular weight excluding hydrogens is 423 g/mol. The Morgan fingerprint density at radius 3 is 2.87 bits per heavy atom. The molecule has 10 heteroatoms. The summed E-state index contributed by atoms with van der Waals surface area (Å²) in [4.78, 5) is 13.5. The summed E-state index contributed by atoms with van der Waals surface area (Å²) in [6.07, 6.45) is 3.22. The average Bonchev–Trinajstić information content (AvgIpc) is 3.41. The summed E-state index contributed by atoms with van der Waals surface area (Å²) in [7, 11) is -0.959. The van der Waals surface area contributed by atoms with Crippen molar-refractivity contribution in [2.45, 2.75) is 32.5 Å². The van der Waals surface area contributed by atoms with Gasteiger partial charge < -0.3 is 23.8 Å². The van der Waals surface area contributed by atoms with Crippen LogP contribution in [-0.4, -0.2) is 47.5 Å². The van der Waals surface area contributed by atoms with Gasteiger partial charge in [-0.05, 0) is 32.0 Å². The molecule has 8 nitrogen and oxygen atoms in total. The number of anilines is 2. The highest BCUT2D eigenvalue weighted by molar-refractivity contribution is 7.46. The molecule has 0 unspecified atom stereocenters. The Kier molecular flexibility index (Phi) is 7.41. The molecule has 0 radical (unpaired) electrons. The number of rotatable bonds is 10. The number of hydrogen-bond acceptors (Lipinski definition) is 9. The van der Waals surface area contributed by atoms with Crippen molar-refractivity contribution in [2.24, 2.45) is 0 Å². The minimum atomic E-state index is -0.959. The number of nitrogens with zero attached hydrogens (tertiary/aromatic N) is 3. The molecule has 3 aromatic rings. The van der Waals surface area contributed by atoms with Gasteiger partial charge in [0.15, 0.2) is 13.5 Å². The van der Waals surface area contributed by atoms with Crippen LogP contribution in [0.3, 0.4) is 0 Å². The number of nitrogens with one attached hydrogen (secondary N) is 1. The number of benzene rings is 1. The Bertz CT molecular complexity index is 961. The van der Waals surface area contributed by atoms with Gasteiger partial charge in [-0.2, -0.15) is 0 Å². The molecule has 0 amide bonds. The maximum absolute atomic E-state index is 6.04. The van der Waals surface area contributed by atoms with E-state index < -0.39 is 8.38 Å². The van der Waals surface area contributed by atoms with Gasteiger partial charge in [-0.25, -0.2) is 15.0 Å². The first-order valence-corrected chi connectivity index (χ1v) is 12.2. The van der Waals surface area contributed by atoms with E-state index in [2.05, 4.69) is 20.3 Å². The first kappa shape index (κ1) is 21.3. The zero-order valence-electron chi connectivity index (χ0n) is 17.0. The van der Waals surface area contributed by atoms with Gasteiger partial charge in [0.25, 0.3) is 0 Å². The molecule has 30 heavy (non-hydrogen) atoms. The minimum Gasteiger partial charge on any atom is -0.488 e. The fourth-order valence-electron chi connectivity index (χ4n) is 3.09. The van der Waals surface area contributed by atoms with E-state index in [0.717, 1.165) is 40.5 Å². The average molecular weight is 448 g/mol. The maximum Gasteiger partial charge on any atom is 0.188 e. The van der Waals surface area contributed by atoms with Crippen LogP contribution in [0.2, 0.25) is 0 Å². The van der Waals surface area contributed by atoms with Gasteiger partial charge in [0, 0.05) is 17.2 Å². The molecule has 1 atom stereocenters. The van der Waals surface area contributed by atoms with Crippen molar-refractivity contribution in [1.29, 1.82) is 0 Å². The van der Waals surface area contributed by atoms with Gasteiger partial charge in [-0.3, -0.25) is 0 Å². The van der Waals surface area contributed by atoms with E-state index in [1.165, 1.54) is 11.3 Å². The minimum absolute atomic E-state index is 0.0931. The number of aromatic nitrogens is 3. The molecule has 0 saturated carbocycles. The lowest BCUT2D eigenvalue weighted by molar-refractivity contribution is 0.141. The summed E-state index contributed by atoms with van der Waals surface area (Å²) in [6, 6.07) is 5.84. The zero-order valence-corrected chi connectivity index (χ0v) is 18.7. The smallest absolute Gasteiger partial charge is 0.188 e. The monoisotopic (exact) mass is 448 g/mol. The predicted octanol–water partition coefficient (Wildman–Crippen LogP) is 4.88. The lowest BCUT2D eigenvalue weighted by Crippen LogP contribution is -2.15. The highest BCUT2D eigenvalue weighted by Gasteiger charge is 2.18. The van der Waals surface area contributed by atoms with E-state index in [-0.39, 0.29) is 6.10 Å². The van der Waals surface area contributed by atoms with Crippen molar-refractivity contribution in [3.8, 4) is 5.75 Å². The van der Waals surface area contributed by atoms with Gasteiger partial charge in [-0.1, -0.05) is 0 Å². The van der Waals surface area contributed by atoms with Crippen LogP contribution in [0, 0.1) is 0 Å². The molecule has 0 spiro atoms. The number of fused-ring (bicyclic) bond motifs is 1. The van der Waals surface area contributed by atoms with Crippen LogP contribution in [-0.2, 0) is 19.9 Å². The Labute approximate surface area is 180 Å². The van der Waals surface area contributed by atoms with Crippen LogP contribution < -0.4 is 10.1 Å². The van der Waals surface area contributed by atoms with E-state index in [9.17, 15) is 0 Å². The molecule has 160 valence electrons. The van der Waals surface area contributed by atoms with Crippen LogP contribution in [0.5, 0.6) is 5.75 Å². The highest BCUT2D eigenvalue weighted by Crippen LogP contribution is 2.42. The summed E-state index contributed by atoms with van der Waals surface area (Å²) < 4.78 is 22.8. The number of ether oxygens (including phenoxy) is 2. The molecule has 1 N–H and O–H groups in total. The number of hydrogen-bond donors (Lipinski definition) is 1. The largest absolute Gasteiger partial charge is 0.488 e. The standard InChI is InChI=1S/C20H25N4O4PS/c1-3-26-29(27-4-2)11-14-12-30-20(23-14)24-19-17-9-15(28-16-7-8-25-10-16)5-6-18(17)21-13-22-19/h5-6,9,12-13,16H,3-4,7-8,10-11H2,1-2H3,(H,21,22,23,24)/t16-/m0/s1. The molecule has 0 bridgehead atoms. The highest BCUT2D eigenvalue weighted by atomic mass is 32.1. The van der Waals surface area contributed by atoms with E-state index in [1.54, 1.807) is 6.33 Å². The van der Waals surface area contributed by atoms with Crippen molar-refractivity contribution in [1.82, 2.24) is 15.0 Å². The Morgan fingerprint density at radius 2 is 2.10 bits per heavy atom. The normalized spacial score (nSPS) is 16.4. The van der Waals surface area contributed by atoms with Gasteiger partial charge in [0.05, 0.1) is 43.8 Å². The first-order valence-electron chi connectivity index (χ1n) is 9.99. The van der Waals surface area contributed by atoms with Crippen molar-refractivity contribution in [3.05, 3.63) is 35.6 Å². The fraction of sp³-hybridized carbons (Fsp3) is 0.450. The Hall–Kier alpha value is -1.90. The molecule has 1 aromatic carbocycles. The van der Waals surface area contributed by atoms with E-state index in [1.807, 2.05) is 37.4 Å². The van der Waals surface area contributed by atoms with Crippen molar-refractivity contribution in [2.75, 3.05) is 31.7 Å². The molecule has 2 aromatic heterocycles. The second kappa shape index (κ2) is 10.4. The molecule has 3 heterocycles. The quantitative estimate of drug-likeness (QED) is 0.439. The number of thiazole rings is 1. The summed E-state index contributed by atoms with van der Waals surface area (Å²) in [6.45, 7) is 6.58. The third kappa shape index (κ3) is 5.42. The van der Waals surface area contributed by atoms with Crippen LogP contribution in [0.25, 0.3) is 10.9 Å². The van der Waals surface area contributed by atoms with Gasteiger partial charge >= 0.3 is 0 Å². The molecular formula is C20H25N4O4PS. The summed E-state index contributed by atoms with van der Waals surface area (Å²) >= 11 is 1.53. The first-order chi connectivity index (χ1) is 14.7. The Morgan fingerprint density at radius 1 is 1.23 bits per heavy atom. The summed E-state index contributed by atoms with van der Waals surface area (Å²) in [5.74, 6) is 1.49. The Balaban J connectivity index is 1.49. The molecule has 4 rings (SSSR count). The fourth-order valence-corrected chi connectivity index (χ4v) is 5.19. The van der Waals surface area contributed by atoms with Gasteiger partial charge in [0.1, 0.15) is 24.0 Å². The van der Waals surface area contributed by atoms with Crippen LogP contribution in [0.1, 0.15) is 26.0 Å². The van der Waals surface area contributed by atoms with Crippen LogP contribution in [0.4, 0.5) is 10.9 Å². The van der Waals surface area contributed by atoms with Gasteiger partial charge in [-0.15, -0.1) is 11.3 Å². The molecule has 0 aliphatic carbocycles. The zero-order chi connectivity index (χ0) is 20.8. The van der Waals surface area contributed by atoms with Crippen molar-refractivity contribution >= 4 is 41.6 Å². The molecule has 1 aliphatic rings. The lowest BCUT2D eigenvalue weighted by Gasteiger charge is -2.14. The molecule has 1 aliphatic heterocycles. The molecule has 1 saturated heterocycles. The summed E-state index contributed by atoms with van der Waals surface area (Å²) in [5, 5.41) is 7.00.